The van der Waals surface area contributed by atoms with Crippen molar-refractivity contribution in [2.45, 2.75) is 57.7 Å². The number of benzene rings is 1. The predicted molar refractivity (Wildman–Crippen MR) is 84.8 cm³/mol. The molecule has 2 atom stereocenters. The van der Waals surface area contributed by atoms with Crippen molar-refractivity contribution in [3.8, 4) is 0 Å². The third kappa shape index (κ3) is 3.46. The minimum atomic E-state index is -0.0500. The van der Waals surface area contributed by atoms with E-state index in [1.54, 1.807) is 0 Å². The molecule has 114 valence electrons. The van der Waals surface area contributed by atoms with Crippen LogP contribution in [0.2, 0.25) is 0 Å². The van der Waals surface area contributed by atoms with E-state index in [2.05, 4.69) is 24.4 Å². The first-order valence-electron chi connectivity index (χ1n) is 8.34. The molecular weight excluding hydrogens is 260 g/mol. The molecule has 1 N–H and O–H groups in total. The fourth-order valence-corrected chi connectivity index (χ4v) is 3.76. The van der Waals surface area contributed by atoms with Crippen LogP contribution < -0.4 is 5.32 Å². The summed E-state index contributed by atoms with van der Waals surface area (Å²) in [6.07, 6.45) is 7.62. The van der Waals surface area contributed by atoms with Gasteiger partial charge in [0.05, 0.1) is 12.2 Å². The molecule has 21 heavy (non-hydrogen) atoms. The lowest BCUT2D eigenvalue weighted by molar-refractivity contribution is -0.130. The molecule has 1 amide bonds. The average Bonchev–Trinajstić information content (AvgIpc) is 3.08. The number of carbonyl (C=O) groups excluding carboxylic acids is 1. The Balaban J connectivity index is 1.55. The Morgan fingerprint density at radius 2 is 1.90 bits per heavy atom. The maximum atomic E-state index is 12.6. The van der Waals surface area contributed by atoms with Gasteiger partial charge in [-0.05, 0) is 31.2 Å². The fraction of sp³-hybridized carbons (Fsp3) is 0.611. The van der Waals surface area contributed by atoms with Crippen LogP contribution in [-0.2, 0) is 11.2 Å². The Morgan fingerprint density at radius 3 is 2.62 bits per heavy atom. The number of rotatable bonds is 5. The van der Waals surface area contributed by atoms with Gasteiger partial charge >= 0.3 is 0 Å². The summed E-state index contributed by atoms with van der Waals surface area (Å²) in [6.45, 7) is 3.03. The van der Waals surface area contributed by atoms with Gasteiger partial charge in [-0.25, -0.2) is 0 Å². The summed E-state index contributed by atoms with van der Waals surface area (Å²) in [5.41, 5.74) is 1.23. The highest BCUT2D eigenvalue weighted by Gasteiger charge is 2.36. The quantitative estimate of drug-likeness (QED) is 0.902. The van der Waals surface area contributed by atoms with Gasteiger partial charge in [-0.2, -0.15) is 0 Å². The molecule has 1 aromatic carbocycles. The second-order valence-electron chi connectivity index (χ2n) is 6.56. The standard InChI is InChI=1S/C18H26N2O/c1-14-19-17(13-16-9-3-2-4-10-16)18(21)20(14)12-11-15-7-5-6-8-15/h2-4,9-10,14-15,17,19H,5-8,11-13H2,1H3. The van der Waals surface area contributed by atoms with E-state index in [1.165, 1.54) is 37.7 Å². The number of hydrogen-bond donors (Lipinski definition) is 1. The number of nitrogens with one attached hydrogen (secondary N) is 1. The summed E-state index contributed by atoms with van der Waals surface area (Å²) < 4.78 is 0. The van der Waals surface area contributed by atoms with E-state index in [9.17, 15) is 4.79 Å². The zero-order valence-corrected chi connectivity index (χ0v) is 12.9. The molecule has 0 bridgehead atoms. The van der Waals surface area contributed by atoms with Gasteiger partial charge in [0.1, 0.15) is 0 Å². The summed E-state index contributed by atoms with van der Waals surface area (Å²) in [4.78, 5) is 14.6. The molecule has 2 aliphatic rings. The topological polar surface area (TPSA) is 32.3 Å². The first-order valence-corrected chi connectivity index (χ1v) is 8.34. The third-order valence-electron chi connectivity index (χ3n) is 5.03. The van der Waals surface area contributed by atoms with Crippen molar-refractivity contribution in [2.75, 3.05) is 6.54 Å². The largest absolute Gasteiger partial charge is 0.326 e. The van der Waals surface area contributed by atoms with Crippen LogP contribution in [0.25, 0.3) is 0 Å². The Labute approximate surface area is 127 Å². The molecule has 3 heteroatoms. The molecule has 3 rings (SSSR count). The lowest BCUT2D eigenvalue weighted by Gasteiger charge is -2.22. The molecule has 2 unspecified atom stereocenters. The van der Waals surface area contributed by atoms with Crippen molar-refractivity contribution in [1.29, 1.82) is 0 Å². The summed E-state index contributed by atoms with van der Waals surface area (Å²) in [6, 6.07) is 10.2. The van der Waals surface area contributed by atoms with Crippen LogP contribution in [-0.4, -0.2) is 29.6 Å². The second-order valence-corrected chi connectivity index (χ2v) is 6.56. The smallest absolute Gasteiger partial charge is 0.241 e. The molecular formula is C18H26N2O. The molecule has 0 spiro atoms. The van der Waals surface area contributed by atoms with Crippen LogP contribution in [0.4, 0.5) is 0 Å². The number of amides is 1. The van der Waals surface area contributed by atoms with Crippen molar-refractivity contribution < 1.29 is 4.79 Å². The van der Waals surface area contributed by atoms with E-state index in [1.807, 2.05) is 23.1 Å². The molecule has 1 aliphatic heterocycles. The van der Waals surface area contributed by atoms with Crippen LogP contribution >= 0.6 is 0 Å². The first kappa shape index (κ1) is 14.6. The van der Waals surface area contributed by atoms with E-state index in [0.717, 1.165) is 18.9 Å². The SMILES string of the molecule is CC1NC(Cc2ccccc2)C(=O)N1CCC1CCCC1. The zero-order chi connectivity index (χ0) is 14.7. The monoisotopic (exact) mass is 286 g/mol. The molecule has 1 saturated heterocycles. The van der Waals surface area contributed by atoms with Gasteiger partial charge in [-0.3, -0.25) is 10.1 Å². The van der Waals surface area contributed by atoms with E-state index in [-0.39, 0.29) is 18.1 Å². The summed E-state index contributed by atoms with van der Waals surface area (Å²) in [5.74, 6) is 1.13. The van der Waals surface area contributed by atoms with E-state index in [4.69, 9.17) is 0 Å². The predicted octanol–water partition coefficient (Wildman–Crippen LogP) is 2.96. The summed E-state index contributed by atoms with van der Waals surface area (Å²) in [5, 5.41) is 3.45. The van der Waals surface area contributed by atoms with Crippen molar-refractivity contribution in [1.82, 2.24) is 10.2 Å². The Kier molecular flexibility index (Phi) is 4.59. The van der Waals surface area contributed by atoms with Crippen LogP contribution in [0, 0.1) is 5.92 Å². The van der Waals surface area contributed by atoms with Gasteiger partial charge in [-0.15, -0.1) is 0 Å². The molecule has 0 radical (unpaired) electrons. The lowest BCUT2D eigenvalue weighted by Crippen LogP contribution is -2.36. The zero-order valence-electron chi connectivity index (χ0n) is 12.9. The highest BCUT2D eigenvalue weighted by molar-refractivity contribution is 5.84. The maximum Gasteiger partial charge on any atom is 0.241 e. The van der Waals surface area contributed by atoms with E-state index >= 15 is 0 Å². The van der Waals surface area contributed by atoms with Crippen molar-refractivity contribution >= 4 is 5.91 Å². The molecule has 1 aliphatic carbocycles. The van der Waals surface area contributed by atoms with Crippen LogP contribution in [0.15, 0.2) is 30.3 Å². The average molecular weight is 286 g/mol. The van der Waals surface area contributed by atoms with Gasteiger partial charge < -0.3 is 4.90 Å². The summed E-state index contributed by atoms with van der Waals surface area (Å²) >= 11 is 0. The summed E-state index contributed by atoms with van der Waals surface area (Å²) in [7, 11) is 0. The molecule has 1 saturated carbocycles. The Bertz CT molecular complexity index is 467. The van der Waals surface area contributed by atoms with Gasteiger partial charge in [0.2, 0.25) is 5.91 Å². The molecule has 3 nitrogen and oxygen atoms in total. The minimum absolute atomic E-state index is 0.0500. The molecule has 1 aromatic rings. The normalized spacial score (nSPS) is 26.7. The molecule has 0 aromatic heterocycles. The number of nitrogens with zero attached hydrogens (tertiary/aromatic N) is 1. The van der Waals surface area contributed by atoms with Crippen LogP contribution in [0.5, 0.6) is 0 Å². The first-order chi connectivity index (χ1) is 10.2. The third-order valence-corrected chi connectivity index (χ3v) is 5.03. The van der Waals surface area contributed by atoms with E-state index < -0.39 is 0 Å². The fourth-order valence-electron chi connectivity index (χ4n) is 3.76. The number of hydrogen-bond acceptors (Lipinski definition) is 2. The van der Waals surface area contributed by atoms with Gasteiger partial charge in [0.25, 0.3) is 0 Å². The minimum Gasteiger partial charge on any atom is -0.326 e. The number of carbonyl (C=O) groups is 1. The van der Waals surface area contributed by atoms with Gasteiger partial charge in [0.15, 0.2) is 0 Å². The lowest BCUT2D eigenvalue weighted by atomic mass is 10.0. The maximum absolute atomic E-state index is 12.6. The van der Waals surface area contributed by atoms with Crippen LogP contribution in [0.1, 0.15) is 44.6 Å². The highest BCUT2D eigenvalue weighted by Crippen LogP contribution is 2.28. The highest BCUT2D eigenvalue weighted by atomic mass is 16.2. The van der Waals surface area contributed by atoms with Crippen molar-refractivity contribution in [2.24, 2.45) is 5.92 Å². The second kappa shape index (κ2) is 6.61. The van der Waals surface area contributed by atoms with Crippen molar-refractivity contribution in [3.63, 3.8) is 0 Å². The molecule has 2 fully saturated rings. The van der Waals surface area contributed by atoms with Crippen molar-refractivity contribution in [3.05, 3.63) is 35.9 Å². The van der Waals surface area contributed by atoms with Crippen LogP contribution in [0.3, 0.4) is 0 Å². The van der Waals surface area contributed by atoms with Gasteiger partial charge in [-0.1, -0.05) is 56.0 Å². The Hall–Kier alpha value is -1.35. The van der Waals surface area contributed by atoms with Gasteiger partial charge in [0, 0.05) is 6.54 Å². The Morgan fingerprint density at radius 1 is 1.19 bits per heavy atom. The molecule has 1 heterocycles. The van der Waals surface area contributed by atoms with E-state index in [0.29, 0.717) is 0 Å².